The average Bonchev–Trinajstić information content (AvgIpc) is 2.42. The van der Waals surface area contributed by atoms with E-state index in [0.717, 1.165) is 15.1 Å². The first kappa shape index (κ1) is 10.9. The van der Waals surface area contributed by atoms with Gasteiger partial charge in [-0.3, -0.25) is 0 Å². The lowest BCUT2D eigenvalue weighted by Gasteiger charge is -2.19. The fraction of sp³-hybridized carbons (Fsp3) is 0.364. The van der Waals surface area contributed by atoms with E-state index in [-0.39, 0.29) is 5.54 Å². The summed E-state index contributed by atoms with van der Waals surface area (Å²) in [4.78, 5) is 4.53. The van der Waals surface area contributed by atoms with Crippen molar-refractivity contribution >= 4 is 42.6 Å². The molecule has 15 heavy (non-hydrogen) atoms. The van der Waals surface area contributed by atoms with Gasteiger partial charge in [-0.05, 0) is 39.0 Å². The predicted molar refractivity (Wildman–Crippen MR) is 70.7 cm³/mol. The summed E-state index contributed by atoms with van der Waals surface area (Å²) in [6, 6.07) is 6.15. The molecule has 0 aliphatic rings. The number of aromatic nitrogens is 1. The third-order valence-corrected chi connectivity index (χ3v) is 3.26. The Morgan fingerprint density at radius 3 is 2.73 bits per heavy atom. The molecule has 1 aromatic carbocycles. The highest BCUT2D eigenvalue weighted by molar-refractivity contribution is 9.10. The molecule has 0 spiro atoms. The third kappa shape index (κ3) is 2.69. The third-order valence-electron chi connectivity index (χ3n) is 1.83. The second-order valence-electron chi connectivity index (χ2n) is 4.51. The van der Waals surface area contributed by atoms with Crippen molar-refractivity contribution in [2.75, 3.05) is 5.32 Å². The summed E-state index contributed by atoms with van der Waals surface area (Å²) < 4.78 is 2.30. The van der Waals surface area contributed by atoms with Crippen molar-refractivity contribution in [1.82, 2.24) is 4.98 Å². The van der Waals surface area contributed by atoms with Gasteiger partial charge in [-0.25, -0.2) is 4.98 Å². The zero-order valence-corrected chi connectivity index (χ0v) is 11.4. The number of nitrogens with zero attached hydrogens (tertiary/aromatic N) is 1. The van der Waals surface area contributed by atoms with Gasteiger partial charge in [0.15, 0.2) is 5.13 Å². The van der Waals surface area contributed by atoms with Crippen molar-refractivity contribution < 1.29 is 0 Å². The van der Waals surface area contributed by atoms with Gasteiger partial charge in [0.05, 0.1) is 10.2 Å². The number of benzene rings is 1. The van der Waals surface area contributed by atoms with Crippen LogP contribution >= 0.6 is 27.3 Å². The fourth-order valence-electron chi connectivity index (χ4n) is 1.27. The standard InChI is InChI=1S/C11H13BrN2S/c1-11(2,3)14-10-13-8-5-4-7(12)6-9(8)15-10/h4-6H,1-3H3,(H,13,14). The lowest BCUT2D eigenvalue weighted by molar-refractivity contribution is 0.633. The topological polar surface area (TPSA) is 24.9 Å². The van der Waals surface area contributed by atoms with Crippen LogP contribution in [0.5, 0.6) is 0 Å². The molecule has 1 heterocycles. The van der Waals surface area contributed by atoms with E-state index in [2.05, 4.69) is 53.1 Å². The van der Waals surface area contributed by atoms with Gasteiger partial charge in [-0.15, -0.1) is 0 Å². The van der Waals surface area contributed by atoms with Crippen LogP contribution < -0.4 is 5.32 Å². The molecule has 0 aliphatic heterocycles. The normalized spacial score (nSPS) is 12.0. The highest BCUT2D eigenvalue weighted by Gasteiger charge is 2.12. The van der Waals surface area contributed by atoms with Gasteiger partial charge in [-0.2, -0.15) is 0 Å². The zero-order valence-electron chi connectivity index (χ0n) is 8.97. The predicted octanol–water partition coefficient (Wildman–Crippen LogP) is 4.27. The maximum atomic E-state index is 4.53. The Bertz CT molecular complexity index is 485. The van der Waals surface area contributed by atoms with Gasteiger partial charge in [0.2, 0.25) is 0 Å². The van der Waals surface area contributed by atoms with E-state index in [1.54, 1.807) is 11.3 Å². The molecule has 0 saturated heterocycles. The number of rotatable bonds is 1. The van der Waals surface area contributed by atoms with E-state index >= 15 is 0 Å². The number of hydrogen-bond donors (Lipinski definition) is 1. The van der Waals surface area contributed by atoms with Crippen LogP contribution in [0.4, 0.5) is 5.13 Å². The summed E-state index contributed by atoms with van der Waals surface area (Å²) >= 11 is 5.15. The van der Waals surface area contributed by atoms with Gasteiger partial charge in [-0.1, -0.05) is 27.3 Å². The smallest absolute Gasteiger partial charge is 0.184 e. The highest BCUT2D eigenvalue weighted by atomic mass is 79.9. The largest absolute Gasteiger partial charge is 0.357 e. The number of anilines is 1. The minimum absolute atomic E-state index is 0.0606. The molecule has 0 fully saturated rings. The van der Waals surface area contributed by atoms with E-state index < -0.39 is 0 Å². The minimum Gasteiger partial charge on any atom is -0.357 e. The molecule has 2 aromatic rings. The lowest BCUT2D eigenvalue weighted by atomic mass is 10.1. The number of fused-ring (bicyclic) bond motifs is 1. The molecular weight excluding hydrogens is 272 g/mol. The molecule has 4 heteroatoms. The summed E-state index contributed by atoms with van der Waals surface area (Å²) in [6.45, 7) is 6.40. The van der Waals surface area contributed by atoms with Crippen molar-refractivity contribution in [3.8, 4) is 0 Å². The van der Waals surface area contributed by atoms with E-state index in [4.69, 9.17) is 0 Å². The van der Waals surface area contributed by atoms with Crippen molar-refractivity contribution in [2.45, 2.75) is 26.3 Å². The molecule has 1 N–H and O–H groups in total. The summed E-state index contributed by atoms with van der Waals surface area (Å²) in [5.74, 6) is 0. The van der Waals surface area contributed by atoms with Gasteiger partial charge in [0.1, 0.15) is 0 Å². The molecule has 0 amide bonds. The second-order valence-corrected chi connectivity index (χ2v) is 6.45. The fourth-order valence-corrected chi connectivity index (χ4v) is 2.90. The van der Waals surface area contributed by atoms with E-state index in [1.807, 2.05) is 12.1 Å². The molecule has 0 saturated carbocycles. The van der Waals surface area contributed by atoms with Crippen LogP contribution in [0.3, 0.4) is 0 Å². The quantitative estimate of drug-likeness (QED) is 0.846. The molecule has 0 unspecified atom stereocenters. The van der Waals surface area contributed by atoms with Crippen molar-refractivity contribution in [3.05, 3.63) is 22.7 Å². The minimum atomic E-state index is 0.0606. The molecule has 1 aromatic heterocycles. The molecule has 0 atom stereocenters. The van der Waals surface area contributed by atoms with Gasteiger partial charge >= 0.3 is 0 Å². The summed E-state index contributed by atoms with van der Waals surface area (Å²) in [5, 5.41) is 4.36. The molecule has 0 radical (unpaired) electrons. The molecule has 2 rings (SSSR count). The van der Waals surface area contributed by atoms with Crippen molar-refractivity contribution in [2.24, 2.45) is 0 Å². The summed E-state index contributed by atoms with van der Waals surface area (Å²) in [6.07, 6.45) is 0. The Morgan fingerprint density at radius 2 is 2.07 bits per heavy atom. The highest BCUT2D eigenvalue weighted by Crippen LogP contribution is 2.29. The van der Waals surface area contributed by atoms with Crippen LogP contribution in [0.15, 0.2) is 22.7 Å². The number of nitrogens with one attached hydrogen (secondary N) is 1. The first-order chi connectivity index (χ1) is 6.94. The van der Waals surface area contributed by atoms with Gasteiger partial charge < -0.3 is 5.32 Å². The molecule has 0 bridgehead atoms. The first-order valence-electron chi connectivity index (χ1n) is 4.78. The van der Waals surface area contributed by atoms with Crippen LogP contribution in [0, 0.1) is 0 Å². The first-order valence-corrected chi connectivity index (χ1v) is 6.39. The van der Waals surface area contributed by atoms with Crippen molar-refractivity contribution in [1.29, 1.82) is 0 Å². The van der Waals surface area contributed by atoms with Gasteiger partial charge in [0.25, 0.3) is 0 Å². The Morgan fingerprint density at radius 1 is 1.33 bits per heavy atom. The number of thiazole rings is 1. The molecule has 80 valence electrons. The molecular formula is C11H13BrN2S. The maximum Gasteiger partial charge on any atom is 0.184 e. The van der Waals surface area contributed by atoms with Crippen LogP contribution in [-0.4, -0.2) is 10.5 Å². The molecule has 0 aliphatic carbocycles. The van der Waals surface area contributed by atoms with Crippen LogP contribution in [0.2, 0.25) is 0 Å². The van der Waals surface area contributed by atoms with Gasteiger partial charge in [0, 0.05) is 10.0 Å². The van der Waals surface area contributed by atoms with Crippen LogP contribution in [-0.2, 0) is 0 Å². The zero-order chi connectivity index (χ0) is 11.1. The number of halogens is 1. The van der Waals surface area contributed by atoms with Crippen LogP contribution in [0.25, 0.3) is 10.2 Å². The van der Waals surface area contributed by atoms with E-state index in [1.165, 1.54) is 4.70 Å². The summed E-state index contributed by atoms with van der Waals surface area (Å²) in [5.41, 5.74) is 1.11. The van der Waals surface area contributed by atoms with Crippen molar-refractivity contribution in [3.63, 3.8) is 0 Å². The maximum absolute atomic E-state index is 4.53. The Hall–Kier alpha value is -0.610. The Balaban J connectivity index is 2.39. The number of hydrogen-bond acceptors (Lipinski definition) is 3. The Labute approximate surface area is 102 Å². The SMILES string of the molecule is CC(C)(C)Nc1nc2ccc(Br)cc2s1. The average molecular weight is 285 g/mol. The summed E-state index contributed by atoms with van der Waals surface area (Å²) in [7, 11) is 0. The lowest BCUT2D eigenvalue weighted by Crippen LogP contribution is -2.25. The second kappa shape index (κ2) is 3.76. The van der Waals surface area contributed by atoms with E-state index in [0.29, 0.717) is 0 Å². The van der Waals surface area contributed by atoms with Crippen LogP contribution in [0.1, 0.15) is 20.8 Å². The Kier molecular flexibility index (Phi) is 2.73. The monoisotopic (exact) mass is 284 g/mol. The molecule has 2 nitrogen and oxygen atoms in total. The van der Waals surface area contributed by atoms with E-state index in [9.17, 15) is 0 Å².